The number of aromatic amines is 1. The standard InChI is InChI=1S/C26H24ClN5O2/c1-2-13-32(17-24-29-22-15-19(27)9-10-21(22)26(34)30-24)25(33)11-8-18-16-31(14-5-12-28)23-7-4-3-6-20(18)23/h3-4,6-11,15-16H,2,5,13-14,17H2,1H3,(H,29,30,34)/b11-8+. The van der Waals surface area contributed by atoms with Gasteiger partial charge in [-0.2, -0.15) is 5.26 Å². The number of aryl methyl sites for hydroxylation is 1. The number of carbonyl (C=O) groups excluding carboxylic acids is 1. The summed E-state index contributed by atoms with van der Waals surface area (Å²) in [6, 6.07) is 15.0. The average molecular weight is 474 g/mol. The van der Waals surface area contributed by atoms with Crippen molar-refractivity contribution in [1.82, 2.24) is 19.4 Å². The summed E-state index contributed by atoms with van der Waals surface area (Å²) in [6.07, 6.45) is 6.47. The van der Waals surface area contributed by atoms with Crippen molar-refractivity contribution in [2.24, 2.45) is 0 Å². The van der Waals surface area contributed by atoms with E-state index in [-0.39, 0.29) is 18.0 Å². The molecule has 0 aliphatic heterocycles. The highest BCUT2D eigenvalue weighted by atomic mass is 35.5. The maximum atomic E-state index is 13.1. The first kappa shape index (κ1) is 23.3. The summed E-state index contributed by atoms with van der Waals surface area (Å²) >= 11 is 6.06. The van der Waals surface area contributed by atoms with Crippen LogP contribution in [0.5, 0.6) is 0 Å². The zero-order chi connectivity index (χ0) is 24.1. The minimum absolute atomic E-state index is 0.176. The number of rotatable bonds is 8. The van der Waals surface area contributed by atoms with Gasteiger partial charge in [0, 0.05) is 46.9 Å². The molecule has 0 saturated heterocycles. The molecule has 0 aliphatic rings. The van der Waals surface area contributed by atoms with E-state index in [2.05, 4.69) is 16.0 Å². The maximum absolute atomic E-state index is 13.1. The van der Waals surface area contributed by atoms with E-state index in [1.54, 1.807) is 35.3 Å². The predicted octanol–water partition coefficient (Wildman–Crippen LogP) is 4.90. The van der Waals surface area contributed by atoms with E-state index in [1.807, 2.05) is 42.0 Å². The first-order valence-electron chi connectivity index (χ1n) is 11.1. The van der Waals surface area contributed by atoms with Gasteiger partial charge in [0.15, 0.2) is 0 Å². The van der Waals surface area contributed by atoms with E-state index >= 15 is 0 Å². The van der Waals surface area contributed by atoms with Gasteiger partial charge in [-0.15, -0.1) is 0 Å². The molecule has 4 aromatic rings. The minimum atomic E-state index is -0.263. The van der Waals surface area contributed by atoms with Gasteiger partial charge in [0.05, 0.1) is 29.9 Å². The summed E-state index contributed by atoms with van der Waals surface area (Å²) in [6.45, 7) is 3.28. The molecule has 0 aliphatic carbocycles. The summed E-state index contributed by atoms with van der Waals surface area (Å²) in [5.74, 6) is 0.229. The Balaban J connectivity index is 1.59. The fourth-order valence-electron chi connectivity index (χ4n) is 3.98. The van der Waals surface area contributed by atoms with Crippen LogP contribution in [0.4, 0.5) is 0 Å². The van der Waals surface area contributed by atoms with Crippen molar-refractivity contribution in [2.45, 2.75) is 32.9 Å². The summed E-state index contributed by atoms with van der Waals surface area (Å²) in [5.41, 5.74) is 2.16. The first-order chi connectivity index (χ1) is 16.5. The van der Waals surface area contributed by atoms with Gasteiger partial charge in [-0.25, -0.2) is 4.98 Å². The van der Waals surface area contributed by atoms with Crippen LogP contribution in [0.1, 0.15) is 31.2 Å². The molecular formula is C26H24ClN5O2. The third-order valence-corrected chi connectivity index (χ3v) is 5.79. The Bertz CT molecular complexity index is 1480. The molecule has 0 bridgehead atoms. The van der Waals surface area contributed by atoms with Gasteiger partial charge >= 0.3 is 0 Å². The van der Waals surface area contributed by atoms with Crippen molar-refractivity contribution in [3.05, 3.63) is 81.5 Å². The molecule has 172 valence electrons. The van der Waals surface area contributed by atoms with Crippen molar-refractivity contribution in [2.75, 3.05) is 6.54 Å². The number of aromatic nitrogens is 3. The normalized spacial score (nSPS) is 11.3. The number of benzene rings is 2. The SMILES string of the molecule is CCCN(Cc1nc2cc(Cl)ccc2c(=O)[nH]1)C(=O)/C=C/c1cn(CCC#N)c2ccccc12. The molecule has 1 amide bonds. The highest BCUT2D eigenvalue weighted by Crippen LogP contribution is 2.23. The smallest absolute Gasteiger partial charge is 0.258 e. The summed E-state index contributed by atoms with van der Waals surface area (Å²) in [7, 11) is 0. The number of carbonyl (C=O) groups is 1. The van der Waals surface area contributed by atoms with Gasteiger partial charge in [0.1, 0.15) is 5.82 Å². The second-order valence-corrected chi connectivity index (χ2v) is 8.41. The Morgan fingerprint density at radius 2 is 2.09 bits per heavy atom. The molecule has 1 N–H and O–H groups in total. The largest absolute Gasteiger partial charge is 0.346 e. The van der Waals surface area contributed by atoms with Gasteiger partial charge in [-0.1, -0.05) is 36.7 Å². The molecule has 2 aromatic carbocycles. The molecule has 0 spiro atoms. The van der Waals surface area contributed by atoms with E-state index in [1.165, 1.54) is 0 Å². The molecule has 4 rings (SSSR count). The lowest BCUT2D eigenvalue weighted by Crippen LogP contribution is -2.31. The van der Waals surface area contributed by atoms with Gasteiger partial charge in [0.25, 0.3) is 5.56 Å². The maximum Gasteiger partial charge on any atom is 0.258 e. The van der Waals surface area contributed by atoms with Crippen LogP contribution >= 0.6 is 11.6 Å². The minimum Gasteiger partial charge on any atom is -0.346 e. The van der Waals surface area contributed by atoms with Crippen molar-refractivity contribution < 1.29 is 4.79 Å². The van der Waals surface area contributed by atoms with Crippen LogP contribution in [0.3, 0.4) is 0 Å². The molecule has 2 heterocycles. The Kier molecular flexibility index (Phi) is 7.09. The van der Waals surface area contributed by atoms with Crippen LogP contribution < -0.4 is 5.56 Å². The van der Waals surface area contributed by atoms with E-state index in [9.17, 15) is 9.59 Å². The summed E-state index contributed by atoms with van der Waals surface area (Å²) in [4.78, 5) is 34.5. The lowest BCUT2D eigenvalue weighted by atomic mass is 10.1. The molecule has 34 heavy (non-hydrogen) atoms. The van der Waals surface area contributed by atoms with Crippen LogP contribution in [0.25, 0.3) is 27.9 Å². The number of para-hydroxylation sites is 1. The molecule has 2 aromatic heterocycles. The fraction of sp³-hybridized carbons (Fsp3) is 0.231. The molecule has 0 fully saturated rings. The van der Waals surface area contributed by atoms with Crippen molar-refractivity contribution in [1.29, 1.82) is 5.26 Å². The van der Waals surface area contributed by atoms with Crippen LogP contribution in [-0.4, -0.2) is 31.9 Å². The van der Waals surface area contributed by atoms with Crippen molar-refractivity contribution in [3.63, 3.8) is 0 Å². The molecule has 7 nitrogen and oxygen atoms in total. The number of amides is 1. The number of halogens is 1. The van der Waals surface area contributed by atoms with Crippen LogP contribution in [0, 0.1) is 11.3 Å². The number of nitrogens with zero attached hydrogens (tertiary/aromatic N) is 4. The van der Waals surface area contributed by atoms with E-state index < -0.39 is 0 Å². The van der Waals surface area contributed by atoms with Crippen LogP contribution in [0.2, 0.25) is 5.02 Å². The highest BCUT2D eigenvalue weighted by Gasteiger charge is 2.14. The zero-order valence-electron chi connectivity index (χ0n) is 18.8. The van der Waals surface area contributed by atoms with E-state index in [4.69, 9.17) is 16.9 Å². The number of nitriles is 1. The Morgan fingerprint density at radius 1 is 1.26 bits per heavy atom. The topological polar surface area (TPSA) is 94.8 Å². The van der Waals surface area contributed by atoms with Crippen molar-refractivity contribution in [3.8, 4) is 6.07 Å². The van der Waals surface area contributed by atoms with Gasteiger partial charge in [-0.3, -0.25) is 9.59 Å². The second kappa shape index (κ2) is 10.4. The van der Waals surface area contributed by atoms with Crippen molar-refractivity contribution >= 4 is 45.4 Å². The second-order valence-electron chi connectivity index (χ2n) is 7.97. The molecule has 0 radical (unpaired) electrons. The van der Waals surface area contributed by atoms with Gasteiger partial charge in [-0.05, 0) is 36.8 Å². The number of fused-ring (bicyclic) bond motifs is 2. The van der Waals surface area contributed by atoms with E-state index in [0.717, 1.165) is 22.9 Å². The number of nitrogens with one attached hydrogen (secondary N) is 1. The molecule has 0 unspecified atom stereocenters. The summed E-state index contributed by atoms with van der Waals surface area (Å²) < 4.78 is 2.03. The molecule has 0 atom stereocenters. The number of hydrogen-bond acceptors (Lipinski definition) is 4. The molecule has 8 heteroatoms. The lowest BCUT2D eigenvalue weighted by Gasteiger charge is -2.20. The monoisotopic (exact) mass is 473 g/mol. The first-order valence-corrected chi connectivity index (χ1v) is 11.5. The zero-order valence-corrected chi connectivity index (χ0v) is 19.5. The average Bonchev–Trinajstić information content (AvgIpc) is 3.18. The highest BCUT2D eigenvalue weighted by molar-refractivity contribution is 6.31. The van der Waals surface area contributed by atoms with Crippen LogP contribution in [-0.2, 0) is 17.9 Å². The Hall–Kier alpha value is -3.89. The summed E-state index contributed by atoms with van der Waals surface area (Å²) in [5, 5.41) is 10.9. The number of hydrogen-bond donors (Lipinski definition) is 1. The van der Waals surface area contributed by atoms with Crippen LogP contribution in [0.15, 0.2) is 59.5 Å². The quantitative estimate of drug-likeness (QED) is 0.368. The number of H-pyrrole nitrogens is 1. The predicted molar refractivity (Wildman–Crippen MR) is 134 cm³/mol. The van der Waals surface area contributed by atoms with Gasteiger partial charge in [0.2, 0.25) is 5.91 Å². The molecule has 0 saturated carbocycles. The Morgan fingerprint density at radius 3 is 2.88 bits per heavy atom. The van der Waals surface area contributed by atoms with E-state index in [0.29, 0.717) is 41.3 Å². The lowest BCUT2D eigenvalue weighted by molar-refractivity contribution is -0.126. The molecular weight excluding hydrogens is 450 g/mol. The third kappa shape index (κ3) is 5.03. The fourth-order valence-corrected chi connectivity index (χ4v) is 4.15. The Labute approximate surface area is 201 Å². The third-order valence-electron chi connectivity index (χ3n) is 5.55. The van der Waals surface area contributed by atoms with Gasteiger partial charge < -0.3 is 14.5 Å².